The normalized spacial score (nSPS) is 34.9. The van der Waals surface area contributed by atoms with Crippen LogP contribution >= 0.6 is 7.82 Å². The topological polar surface area (TPSA) is 309 Å². The molecule has 38 heavy (non-hydrogen) atoms. The second-order valence-corrected chi connectivity index (χ2v) is 9.81. The summed E-state index contributed by atoms with van der Waals surface area (Å²) in [6.45, 7) is -2.21. The number of nitrogen functional groups attached to an aromatic ring is 1. The SMILES string of the molecule is NCC(C(O)CO)C1OC(O)CC(OP(=O)(O)OCC2OC(n3ccc(N)nc3=O)C(O)C2O)(C(=O)O)O1. The van der Waals surface area contributed by atoms with Crippen LogP contribution in [0.4, 0.5) is 5.82 Å². The molecule has 1 aromatic heterocycles. The largest absolute Gasteiger partial charge is 0.477 e. The minimum Gasteiger partial charge on any atom is -0.477 e. The predicted molar refractivity (Wildman–Crippen MR) is 118 cm³/mol. The Kier molecular flexibility index (Phi) is 9.58. The molecule has 0 spiro atoms. The molecule has 2 saturated heterocycles. The summed E-state index contributed by atoms with van der Waals surface area (Å²) in [6.07, 6.45) is -11.7. The first-order chi connectivity index (χ1) is 17.7. The number of hydrogen-bond acceptors (Lipinski definition) is 16. The van der Waals surface area contributed by atoms with Gasteiger partial charge in [0, 0.05) is 12.7 Å². The van der Waals surface area contributed by atoms with Crippen LogP contribution in [0.15, 0.2) is 17.1 Å². The van der Waals surface area contributed by atoms with Crippen LogP contribution in [-0.2, 0) is 32.6 Å². The Morgan fingerprint density at radius 3 is 2.58 bits per heavy atom. The number of nitrogens with two attached hydrogens (primary N) is 2. The first-order valence-corrected chi connectivity index (χ1v) is 12.5. The van der Waals surface area contributed by atoms with Crippen LogP contribution in [0.3, 0.4) is 0 Å². The summed E-state index contributed by atoms with van der Waals surface area (Å²) >= 11 is 0. The fraction of sp³-hybridized carbons (Fsp3) is 0.722. The summed E-state index contributed by atoms with van der Waals surface area (Å²) in [5.74, 6) is -6.44. The minimum atomic E-state index is -5.39. The van der Waals surface area contributed by atoms with Gasteiger partial charge in [-0.15, -0.1) is 0 Å². The summed E-state index contributed by atoms with van der Waals surface area (Å²) in [5, 5.41) is 59.4. The second-order valence-electron chi connectivity index (χ2n) is 8.43. The zero-order chi connectivity index (χ0) is 28.4. The average molecular weight is 572 g/mol. The van der Waals surface area contributed by atoms with Gasteiger partial charge in [0.2, 0.25) is 0 Å². The van der Waals surface area contributed by atoms with Gasteiger partial charge < -0.3 is 61.2 Å². The second kappa shape index (κ2) is 12.0. The fourth-order valence-electron chi connectivity index (χ4n) is 3.80. The maximum atomic E-state index is 12.7. The zero-order valence-electron chi connectivity index (χ0n) is 19.5. The molecule has 2 fully saturated rings. The number of carboxylic acids is 1. The summed E-state index contributed by atoms with van der Waals surface area (Å²) in [6, 6.07) is 1.22. The molecule has 216 valence electrons. The Morgan fingerprint density at radius 1 is 1.32 bits per heavy atom. The van der Waals surface area contributed by atoms with Crippen molar-refractivity contribution >= 4 is 19.6 Å². The molecular formula is C18H29N4O15P. The highest BCUT2D eigenvalue weighted by Gasteiger charge is 2.56. The van der Waals surface area contributed by atoms with Gasteiger partial charge in [0.15, 0.2) is 18.8 Å². The third kappa shape index (κ3) is 6.54. The van der Waals surface area contributed by atoms with E-state index in [9.17, 15) is 49.7 Å². The van der Waals surface area contributed by atoms with Crippen molar-refractivity contribution in [1.29, 1.82) is 0 Å². The third-order valence-electron chi connectivity index (χ3n) is 5.80. The number of aliphatic hydroxyl groups is 5. The van der Waals surface area contributed by atoms with E-state index in [0.717, 1.165) is 10.8 Å². The van der Waals surface area contributed by atoms with Crippen LogP contribution in [-0.4, -0.2) is 114 Å². The van der Waals surface area contributed by atoms with E-state index in [0.29, 0.717) is 0 Å². The molecule has 0 aromatic carbocycles. The molecule has 3 rings (SSSR count). The van der Waals surface area contributed by atoms with E-state index in [1.807, 2.05) is 0 Å². The summed E-state index contributed by atoms with van der Waals surface area (Å²) < 4.78 is 38.6. The molecule has 2 aliphatic rings. The Morgan fingerprint density at radius 2 is 2.00 bits per heavy atom. The molecule has 20 heteroatoms. The lowest BCUT2D eigenvalue weighted by atomic mass is 10.0. The highest BCUT2D eigenvalue weighted by Crippen LogP contribution is 2.51. The summed E-state index contributed by atoms with van der Waals surface area (Å²) in [7, 11) is -5.39. The molecule has 3 heterocycles. The lowest BCUT2D eigenvalue weighted by Gasteiger charge is -2.42. The Labute approximate surface area is 213 Å². The van der Waals surface area contributed by atoms with Gasteiger partial charge in [-0.25, -0.2) is 18.7 Å². The van der Waals surface area contributed by atoms with E-state index in [4.69, 9.17) is 34.7 Å². The van der Waals surface area contributed by atoms with Crippen LogP contribution in [0, 0.1) is 5.92 Å². The molecule has 0 radical (unpaired) electrons. The Balaban J connectivity index is 1.73. The number of aliphatic hydroxyl groups excluding tert-OH is 5. The van der Waals surface area contributed by atoms with Crippen molar-refractivity contribution in [1.82, 2.24) is 9.55 Å². The van der Waals surface area contributed by atoms with Crippen LogP contribution in [0.5, 0.6) is 0 Å². The molecule has 10 unspecified atom stereocenters. The van der Waals surface area contributed by atoms with Crippen molar-refractivity contribution in [2.75, 3.05) is 25.5 Å². The maximum absolute atomic E-state index is 12.7. The predicted octanol–water partition coefficient (Wildman–Crippen LogP) is -4.63. The number of aliphatic carboxylic acids is 1. The summed E-state index contributed by atoms with van der Waals surface area (Å²) in [4.78, 5) is 37.7. The van der Waals surface area contributed by atoms with Gasteiger partial charge in [-0.1, -0.05) is 0 Å². The van der Waals surface area contributed by atoms with Gasteiger partial charge in [0.05, 0.1) is 31.7 Å². The smallest absolute Gasteiger partial charge is 0.475 e. The number of nitrogens with zero attached hydrogens (tertiary/aromatic N) is 2. The number of aromatic nitrogens is 2. The van der Waals surface area contributed by atoms with Crippen molar-refractivity contribution in [3.63, 3.8) is 0 Å². The number of phosphoric ester groups is 1. The van der Waals surface area contributed by atoms with E-state index in [1.165, 1.54) is 6.07 Å². The molecular weight excluding hydrogens is 543 g/mol. The van der Waals surface area contributed by atoms with Crippen LogP contribution in [0.1, 0.15) is 12.6 Å². The molecule has 0 saturated carbocycles. The standard InChI is InChI=1S/C18H29N4O15P/c19-4-7(8(24)5-23)15-35-11(25)3-18(36-15,16(28)29)37-38(31,32)33-6-9-12(26)13(27)14(34-9)22-2-1-10(20)21-17(22)30/h1-2,7-9,11-15,23-27H,3-6,19H2,(H,28,29)(H,31,32)(H2,20,21,30). The molecule has 0 aliphatic carbocycles. The van der Waals surface area contributed by atoms with Crippen LogP contribution < -0.4 is 17.2 Å². The molecule has 0 bridgehead atoms. The average Bonchev–Trinajstić information content (AvgIpc) is 3.11. The monoisotopic (exact) mass is 572 g/mol. The Hall–Kier alpha value is -2.10. The molecule has 2 aliphatic heterocycles. The van der Waals surface area contributed by atoms with Crippen molar-refractivity contribution < 1.29 is 68.2 Å². The molecule has 10 atom stereocenters. The molecule has 0 amide bonds. The minimum absolute atomic E-state index is 0.115. The first-order valence-electron chi connectivity index (χ1n) is 11.0. The van der Waals surface area contributed by atoms with E-state index in [1.54, 1.807) is 0 Å². The highest BCUT2D eigenvalue weighted by molar-refractivity contribution is 7.47. The van der Waals surface area contributed by atoms with Gasteiger partial charge in [0.25, 0.3) is 5.79 Å². The van der Waals surface area contributed by atoms with Gasteiger partial charge in [-0.05, 0) is 6.07 Å². The lowest BCUT2D eigenvalue weighted by molar-refractivity contribution is -0.379. The van der Waals surface area contributed by atoms with Gasteiger partial charge in [0.1, 0.15) is 24.1 Å². The van der Waals surface area contributed by atoms with Gasteiger partial charge in [-0.3, -0.25) is 9.09 Å². The third-order valence-corrected chi connectivity index (χ3v) is 6.80. The van der Waals surface area contributed by atoms with Gasteiger partial charge in [-0.2, -0.15) is 4.98 Å². The highest BCUT2D eigenvalue weighted by atomic mass is 31.2. The first kappa shape index (κ1) is 30.4. The number of rotatable bonds is 11. The van der Waals surface area contributed by atoms with Crippen LogP contribution in [0.2, 0.25) is 0 Å². The zero-order valence-corrected chi connectivity index (χ0v) is 20.4. The number of hydrogen-bond donors (Lipinski definition) is 9. The van der Waals surface area contributed by atoms with Gasteiger partial charge >= 0.3 is 19.5 Å². The van der Waals surface area contributed by atoms with Crippen molar-refractivity contribution in [2.45, 2.75) is 55.4 Å². The number of carboxylic acid groups (broad SMARTS) is 1. The fourth-order valence-corrected chi connectivity index (χ4v) is 4.76. The number of carbonyl (C=O) groups is 1. The lowest BCUT2D eigenvalue weighted by Crippen LogP contribution is -2.58. The van der Waals surface area contributed by atoms with Crippen molar-refractivity contribution in [2.24, 2.45) is 11.7 Å². The number of ether oxygens (including phenoxy) is 3. The van der Waals surface area contributed by atoms with E-state index >= 15 is 0 Å². The molecule has 11 N–H and O–H groups in total. The number of anilines is 1. The van der Waals surface area contributed by atoms with E-state index < -0.39 is 101 Å². The van der Waals surface area contributed by atoms with E-state index in [2.05, 4.69) is 4.98 Å². The maximum Gasteiger partial charge on any atom is 0.475 e. The van der Waals surface area contributed by atoms with E-state index in [-0.39, 0.29) is 5.82 Å². The molecule has 19 nitrogen and oxygen atoms in total. The van der Waals surface area contributed by atoms with Crippen molar-refractivity contribution in [3.8, 4) is 0 Å². The van der Waals surface area contributed by atoms with Crippen molar-refractivity contribution in [3.05, 3.63) is 22.7 Å². The van der Waals surface area contributed by atoms with Crippen LogP contribution in [0.25, 0.3) is 0 Å². The number of phosphoric acid groups is 1. The Bertz CT molecular complexity index is 1090. The molecule has 1 aromatic rings. The summed E-state index contributed by atoms with van der Waals surface area (Å²) in [5.41, 5.74) is 10.00. The quantitative estimate of drug-likeness (QED) is 0.113.